The summed E-state index contributed by atoms with van der Waals surface area (Å²) in [6.07, 6.45) is 2.54. The first kappa shape index (κ1) is 33.9. The highest BCUT2D eigenvalue weighted by Crippen LogP contribution is 2.66. The van der Waals surface area contributed by atoms with E-state index in [4.69, 9.17) is 23.2 Å². The third-order valence-corrected chi connectivity index (χ3v) is 11.7. The van der Waals surface area contributed by atoms with Crippen LogP contribution in [0.4, 0.5) is 27.6 Å². The molecule has 0 spiro atoms. The van der Waals surface area contributed by atoms with Crippen molar-refractivity contribution in [3.8, 4) is 5.75 Å². The van der Waals surface area contributed by atoms with Crippen LogP contribution in [-0.4, -0.2) is 43.4 Å². The number of phenols is 1. The molecular weight excluding hydrogens is 706 g/mol. The summed E-state index contributed by atoms with van der Waals surface area (Å²) in [6, 6.07) is 13.1. The summed E-state index contributed by atoms with van der Waals surface area (Å²) in [7, 11) is 0. The highest BCUT2D eigenvalue weighted by atomic mass is 35.5. The van der Waals surface area contributed by atoms with E-state index in [0.29, 0.717) is 11.1 Å². The smallest absolute Gasteiger partial charge is 0.258 e. The number of para-hydroxylation sites is 1. The maximum Gasteiger partial charge on any atom is 0.258 e. The topological polar surface area (TPSA) is 95.0 Å². The van der Waals surface area contributed by atoms with Crippen molar-refractivity contribution in [3.05, 3.63) is 119 Å². The summed E-state index contributed by atoms with van der Waals surface area (Å²) in [6.45, 7) is 3.61. The number of nitrogens with zero attached hydrogens (tertiary/aromatic N) is 2. The number of anilines is 1. The number of carbonyl (C=O) groups excluding carboxylic acids is 4. The average Bonchev–Trinajstić information content (AvgIpc) is 3.42. The van der Waals surface area contributed by atoms with Crippen LogP contribution >= 0.6 is 23.2 Å². The molecule has 3 aromatic carbocycles. The van der Waals surface area contributed by atoms with Gasteiger partial charge in [-0.1, -0.05) is 66.3 Å². The van der Waals surface area contributed by atoms with E-state index < -0.39 is 104 Å². The highest BCUT2D eigenvalue weighted by Gasteiger charge is 2.77. The first-order valence-electron chi connectivity index (χ1n) is 15.5. The Morgan fingerprint density at radius 2 is 1.48 bits per heavy atom. The van der Waals surface area contributed by atoms with Gasteiger partial charge in [0, 0.05) is 11.5 Å². The number of carbonyl (C=O) groups is 4. The maximum atomic E-state index is 15.2. The molecule has 2 aliphatic heterocycles. The summed E-state index contributed by atoms with van der Waals surface area (Å²) in [5.41, 5.74) is -0.715. The quantitative estimate of drug-likeness (QED) is 0.0773. The lowest BCUT2D eigenvalue weighted by Gasteiger charge is -2.50. The van der Waals surface area contributed by atoms with E-state index in [9.17, 15) is 37.5 Å². The van der Waals surface area contributed by atoms with Gasteiger partial charge >= 0.3 is 0 Å². The number of alkyl halides is 2. The van der Waals surface area contributed by atoms with E-state index in [1.807, 2.05) is 0 Å². The number of fused-ring (bicyclic) bond motifs is 4. The lowest BCUT2D eigenvalue weighted by Crippen LogP contribution is -2.60. The van der Waals surface area contributed by atoms with Gasteiger partial charge in [0.15, 0.2) is 33.0 Å². The second-order valence-corrected chi connectivity index (χ2v) is 14.0. The zero-order chi connectivity index (χ0) is 36.0. The fourth-order valence-corrected chi connectivity index (χ4v) is 8.99. The number of aromatic hydroxyl groups is 1. The molecule has 0 aromatic heterocycles. The first-order chi connectivity index (χ1) is 23.7. The minimum atomic E-state index is -2.74. The fourth-order valence-electron chi connectivity index (χ4n) is 8.06. The van der Waals surface area contributed by atoms with Crippen molar-refractivity contribution in [2.24, 2.45) is 17.8 Å². The molecule has 4 aliphatic rings. The van der Waals surface area contributed by atoms with Gasteiger partial charge < -0.3 is 5.11 Å². The van der Waals surface area contributed by atoms with Gasteiger partial charge in [0.1, 0.15) is 11.4 Å². The monoisotopic (exact) mass is 730 g/mol. The Morgan fingerprint density at radius 3 is 2.12 bits per heavy atom. The van der Waals surface area contributed by atoms with Crippen LogP contribution in [0.5, 0.6) is 5.75 Å². The SMILES string of the molecule is C=CCc1cccc([C@H]2C3=CC[C@@H]4C(=O)N(Cc5ccccc5)C(=O)[C@@H]4[C@@H]3C[C@@]3(Cl)C(=O)N(c4c(F)c(F)c(F)c(F)c4F)C(=O)[C@@]23Cl)c1O. The molecule has 7 rings (SSSR count). The molecule has 2 saturated heterocycles. The van der Waals surface area contributed by atoms with Crippen LogP contribution in [0.1, 0.15) is 35.4 Å². The van der Waals surface area contributed by atoms with Crippen LogP contribution < -0.4 is 4.90 Å². The molecule has 258 valence electrons. The van der Waals surface area contributed by atoms with Crippen molar-refractivity contribution < 1.29 is 46.2 Å². The standard InChI is InChI=1S/C36H25Cl2F5N2O5/c1-2-7-17-10-6-11-20(30(17)46)23-18-12-13-19-22(32(48)44(31(19)47)15-16-8-4-3-5-9-16)21(18)14-35(37)33(49)45(34(50)36(23,35)38)29-27(42)25(40)24(39)26(41)28(29)43/h2-6,8-12,19,21-23,46H,1,7,13-15H2/t19-,21+,22-,23+,35+,36-/m0/s1. The number of hydrogen-bond acceptors (Lipinski definition) is 5. The van der Waals surface area contributed by atoms with Crippen molar-refractivity contribution in [1.29, 1.82) is 0 Å². The predicted molar refractivity (Wildman–Crippen MR) is 170 cm³/mol. The minimum absolute atomic E-state index is 0.0122. The largest absolute Gasteiger partial charge is 0.507 e. The van der Waals surface area contributed by atoms with E-state index in [2.05, 4.69) is 6.58 Å². The molecule has 6 atom stereocenters. The number of phenolic OH excluding ortho intramolecular Hbond substituents is 1. The number of allylic oxidation sites excluding steroid dienone is 3. The van der Waals surface area contributed by atoms with Crippen molar-refractivity contribution in [2.45, 2.75) is 41.5 Å². The normalized spacial score (nSPS) is 28.8. The number of imide groups is 2. The molecule has 4 amide bonds. The van der Waals surface area contributed by atoms with Crippen molar-refractivity contribution in [1.82, 2.24) is 4.90 Å². The van der Waals surface area contributed by atoms with Gasteiger partial charge in [-0.05, 0) is 36.3 Å². The zero-order valence-electron chi connectivity index (χ0n) is 25.7. The van der Waals surface area contributed by atoms with Crippen LogP contribution in [0.25, 0.3) is 0 Å². The van der Waals surface area contributed by atoms with Gasteiger partial charge in [-0.2, -0.15) is 0 Å². The maximum absolute atomic E-state index is 15.2. The lowest BCUT2D eigenvalue weighted by molar-refractivity contribution is -0.141. The van der Waals surface area contributed by atoms with E-state index >= 15 is 8.78 Å². The second kappa shape index (κ2) is 11.8. The Labute approximate surface area is 291 Å². The molecule has 0 radical (unpaired) electrons. The molecule has 3 aromatic rings. The molecule has 2 heterocycles. The molecule has 1 saturated carbocycles. The number of benzene rings is 3. The number of amides is 4. The van der Waals surface area contributed by atoms with Gasteiger partial charge in [-0.25, -0.2) is 26.9 Å². The van der Waals surface area contributed by atoms with E-state index in [-0.39, 0.29) is 35.4 Å². The van der Waals surface area contributed by atoms with Crippen LogP contribution in [0.15, 0.2) is 72.8 Å². The average molecular weight is 732 g/mol. The summed E-state index contributed by atoms with van der Waals surface area (Å²) in [5, 5.41) is 11.5. The third-order valence-electron chi connectivity index (χ3n) is 10.3. The molecule has 3 fully saturated rings. The second-order valence-electron chi connectivity index (χ2n) is 12.8. The van der Waals surface area contributed by atoms with E-state index in [0.717, 1.165) is 4.90 Å². The predicted octanol–water partition coefficient (Wildman–Crippen LogP) is 6.58. The highest BCUT2D eigenvalue weighted by molar-refractivity contribution is 6.58. The zero-order valence-corrected chi connectivity index (χ0v) is 27.3. The van der Waals surface area contributed by atoms with E-state index in [1.165, 1.54) is 18.2 Å². The number of hydrogen-bond donors (Lipinski definition) is 1. The van der Waals surface area contributed by atoms with Crippen LogP contribution in [0.2, 0.25) is 0 Å². The summed E-state index contributed by atoms with van der Waals surface area (Å²) in [4.78, 5) is 52.0. The Morgan fingerprint density at radius 1 is 0.840 bits per heavy atom. The molecule has 1 N–H and O–H groups in total. The van der Waals surface area contributed by atoms with Crippen molar-refractivity contribution in [3.63, 3.8) is 0 Å². The Hall–Kier alpha value is -4.55. The molecule has 50 heavy (non-hydrogen) atoms. The molecular formula is C36H25Cl2F5N2O5. The van der Waals surface area contributed by atoms with Crippen LogP contribution in [-0.2, 0) is 32.1 Å². The molecule has 0 unspecified atom stereocenters. The lowest BCUT2D eigenvalue weighted by atomic mass is 9.56. The molecule has 2 aliphatic carbocycles. The Kier molecular flexibility index (Phi) is 7.98. The van der Waals surface area contributed by atoms with Crippen molar-refractivity contribution in [2.75, 3.05) is 4.90 Å². The summed E-state index contributed by atoms with van der Waals surface area (Å²) < 4.78 is 73.4. The van der Waals surface area contributed by atoms with Gasteiger partial charge in [0.2, 0.25) is 17.6 Å². The van der Waals surface area contributed by atoms with Gasteiger partial charge in [-0.15, -0.1) is 29.8 Å². The number of likely N-dealkylation sites (tertiary alicyclic amines) is 1. The summed E-state index contributed by atoms with van der Waals surface area (Å²) >= 11 is 14.3. The molecule has 14 heteroatoms. The van der Waals surface area contributed by atoms with Crippen LogP contribution in [0.3, 0.4) is 0 Å². The number of rotatable bonds is 6. The first-order valence-corrected chi connectivity index (χ1v) is 16.2. The fraction of sp³-hybridized carbons (Fsp3) is 0.278. The van der Waals surface area contributed by atoms with Crippen LogP contribution in [0, 0.1) is 46.8 Å². The van der Waals surface area contributed by atoms with Gasteiger partial charge in [0.25, 0.3) is 11.8 Å². The Bertz CT molecular complexity index is 2050. The minimum Gasteiger partial charge on any atom is -0.507 e. The Balaban J connectivity index is 1.43. The molecule has 7 nitrogen and oxygen atoms in total. The van der Waals surface area contributed by atoms with Gasteiger partial charge in [0.05, 0.1) is 18.4 Å². The van der Waals surface area contributed by atoms with Crippen molar-refractivity contribution >= 4 is 52.5 Å². The van der Waals surface area contributed by atoms with Gasteiger partial charge in [-0.3, -0.25) is 24.1 Å². The third kappa shape index (κ3) is 4.40. The van der Waals surface area contributed by atoms with E-state index in [1.54, 1.807) is 42.5 Å². The number of halogens is 7. The summed E-state index contributed by atoms with van der Waals surface area (Å²) in [5.74, 6) is -21.7. The molecule has 0 bridgehead atoms.